The smallest absolute Gasteiger partial charge is 0.211 e. The van der Waals surface area contributed by atoms with Gasteiger partial charge in [-0.05, 0) is 26.0 Å². The fourth-order valence-corrected chi connectivity index (χ4v) is 3.58. The van der Waals surface area contributed by atoms with Gasteiger partial charge in [0.15, 0.2) is 15.7 Å². The second-order valence-electron chi connectivity index (χ2n) is 5.41. The van der Waals surface area contributed by atoms with Crippen molar-refractivity contribution < 1.29 is 22.0 Å². The first-order chi connectivity index (χ1) is 10.1. The van der Waals surface area contributed by atoms with Gasteiger partial charge in [0.1, 0.15) is 16.4 Å². The maximum absolute atomic E-state index is 14.3. The minimum atomic E-state index is -3.75. The average molecular weight is 331 g/mol. The lowest BCUT2D eigenvalue weighted by atomic mass is 10.0. The van der Waals surface area contributed by atoms with E-state index in [0.717, 1.165) is 12.1 Å². The highest BCUT2D eigenvalue weighted by atomic mass is 32.2. The minimum absolute atomic E-state index is 0.212. The predicted molar refractivity (Wildman–Crippen MR) is 78.3 cm³/mol. The molecule has 22 heavy (non-hydrogen) atoms. The summed E-state index contributed by atoms with van der Waals surface area (Å²) in [6.45, 7) is 2.77. The molecule has 120 valence electrons. The Kier molecular flexibility index (Phi) is 3.94. The SMILES string of the molecule is CC1(C)C(N)=NC(c2c(F)ccc(NC=O)c2F)CS1(=O)=O. The maximum atomic E-state index is 14.3. The highest BCUT2D eigenvalue weighted by molar-refractivity contribution is 7.93. The van der Waals surface area contributed by atoms with E-state index in [9.17, 15) is 22.0 Å². The summed E-state index contributed by atoms with van der Waals surface area (Å²) in [7, 11) is -3.75. The van der Waals surface area contributed by atoms with Gasteiger partial charge in [0.2, 0.25) is 6.41 Å². The fraction of sp³-hybridized carbons (Fsp3) is 0.385. The van der Waals surface area contributed by atoms with Crippen molar-refractivity contribution in [1.29, 1.82) is 0 Å². The van der Waals surface area contributed by atoms with Crippen LogP contribution in [-0.4, -0.2) is 31.2 Å². The van der Waals surface area contributed by atoms with Crippen LogP contribution in [0.25, 0.3) is 0 Å². The van der Waals surface area contributed by atoms with E-state index in [0.29, 0.717) is 0 Å². The van der Waals surface area contributed by atoms with Gasteiger partial charge in [0.05, 0.1) is 23.0 Å². The molecule has 1 atom stereocenters. The van der Waals surface area contributed by atoms with E-state index in [-0.39, 0.29) is 17.9 Å². The van der Waals surface area contributed by atoms with E-state index in [4.69, 9.17) is 5.73 Å². The lowest BCUT2D eigenvalue weighted by molar-refractivity contribution is -0.105. The molecule has 0 spiro atoms. The number of anilines is 1. The monoisotopic (exact) mass is 331 g/mol. The molecular formula is C13H15F2N3O3S. The van der Waals surface area contributed by atoms with Gasteiger partial charge >= 0.3 is 0 Å². The second-order valence-corrected chi connectivity index (χ2v) is 7.99. The molecule has 1 aliphatic rings. The number of halogens is 2. The van der Waals surface area contributed by atoms with Crippen molar-refractivity contribution in [3.05, 3.63) is 29.3 Å². The number of aliphatic imine (C=N–C) groups is 1. The lowest BCUT2D eigenvalue weighted by Gasteiger charge is -2.32. The van der Waals surface area contributed by atoms with Crippen molar-refractivity contribution in [2.75, 3.05) is 11.1 Å². The summed E-state index contributed by atoms with van der Waals surface area (Å²) in [5, 5.41) is 2.08. The molecule has 0 saturated carbocycles. The summed E-state index contributed by atoms with van der Waals surface area (Å²) in [5.74, 6) is -2.80. The number of nitrogens with two attached hydrogens (primary N) is 1. The third-order valence-electron chi connectivity index (χ3n) is 3.74. The Balaban J connectivity index is 2.61. The van der Waals surface area contributed by atoms with Crippen LogP contribution in [0.1, 0.15) is 25.5 Å². The first-order valence-electron chi connectivity index (χ1n) is 6.36. The van der Waals surface area contributed by atoms with Crippen LogP contribution in [0.5, 0.6) is 0 Å². The number of benzene rings is 1. The summed E-state index contributed by atoms with van der Waals surface area (Å²) in [4.78, 5) is 14.4. The molecule has 0 aromatic heterocycles. The highest BCUT2D eigenvalue weighted by Crippen LogP contribution is 2.35. The number of amides is 1. The summed E-state index contributed by atoms with van der Waals surface area (Å²) < 4.78 is 51.4. The lowest BCUT2D eigenvalue weighted by Crippen LogP contribution is -2.50. The summed E-state index contributed by atoms with van der Waals surface area (Å²) in [6.07, 6.45) is 0.235. The molecule has 1 amide bonds. The average Bonchev–Trinajstić information content (AvgIpc) is 2.40. The zero-order valence-corrected chi connectivity index (χ0v) is 12.7. The largest absolute Gasteiger partial charge is 0.386 e. The number of rotatable bonds is 3. The molecular weight excluding hydrogens is 316 g/mol. The Morgan fingerprint density at radius 1 is 1.41 bits per heavy atom. The molecule has 1 aromatic rings. The fourth-order valence-electron chi connectivity index (χ4n) is 2.13. The van der Waals surface area contributed by atoms with Gasteiger partial charge in [-0.3, -0.25) is 9.79 Å². The van der Waals surface area contributed by atoms with E-state index < -0.39 is 43.6 Å². The molecule has 1 unspecified atom stereocenters. The summed E-state index contributed by atoms with van der Waals surface area (Å²) in [5.41, 5.74) is 4.87. The van der Waals surface area contributed by atoms with Crippen molar-refractivity contribution in [2.24, 2.45) is 10.7 Å². The van der Waals surface area contributed by atoms with E-state index >= 15 is 0 Å². The molecule has 2 rings (SSSR count). The third kappa shape index (κ3) is 2.45. The topological polar surface area (TPSA) is 102 Å². The quantitative estimate of drug-likeness (QED) is 0.811. The van der Waals surface area contributed by atoms with Crippen molar-refractivity contribution in [3.63, 3.8) is 0 Å². The Morgan fingerprint density at radius 3 is 2.59 bits per heavy atom. The van der Waals surface area contributed by atoms with E-state index in [1.807, 2.05) is 0 Å². The van der Waals surface area contributed by atoms with Crippen LogP contribution in [0.4, 0.5) is 14.5 Å². The van der Waals surface area contributed by atoms with Crippen LogP contribution in [0.15, 0.2) is 17.1 Å². The van der Waals surface area contributed by atoms with Crippen LogP contribution >= 0.6 is 0 Å². The number of hydrogen-bond donors (Lipinski definition) is 2. The van der Waals surface area contributed by atoms with Gasteiger partial charge in [-0.25, -0.2) is 17.2 Å². The molecule has 1 aromatic carbocycles. The van der Waals surface area contributed by atoms with E-state index in [2.05, 4.69) is 10.3 Å². The zero-order valence-electron chi connectivity index (χ0n) is 11.9. The van der Waals surface area contributed by atoms with Gasteiger partial charge in [-0.2, -0.15) is 0 Å². The number of carbonyl (C=O) groups excluding carboxylic acids is 1. The first-order valence-corrected chi connectivity index (χ1v) is 8.01. The Hall–Kier alpha value is -2.03. The first kappa shape index (κ1) is 16.3. The van der Waals surface area contributed by atoms with E-state index in [1.54, 1.807) is 0 Å². The maximum Gasteiger partial charge on any atom is 0.211 e. The molecule has 9 heteroatoms. The molecule has 0 bridgehead atoms. The summed E-state index contributed by atoms with van der Waals surface area (Å²) >= 11 is 0. The van der Waals surface area contributed by atoms with Crippen LogP contribution in [0, 0.1) is 11.6 Å². The number of sulfone groups is 1. The Labute approximate surface area is 126 Å². The molecule has 1 aliphatic heterocycles. The van der Waals surface area contributed by atoms with Gasteiger partial charge in [0, 0.05) is 0 Å². The molecule has 0 fully saturated rings. The van der Waals surface area contributed by atoms with Crippen molar-refractivity contribution >= 4 is 27.8 Å². The third-order valence-corrected chi connectivity index (χ3v) is 6.26. The van der Waals surface area contributed by atoms with Crippen LogP contribution in [0.3, 0.4) is 0 Å². The Bertz CT molecular complexity index is 760. The van der Waals surface area contributed by atoms with Crippen molar-refractivity contribution in [3.8, 4) is 0 Å². The van der Waals surface area contributed by atoms with Gasteiger partial charge < -0.3 is 11.1 Å². The van der Waals surface area contributed by atoms with E-state index in [1.165, 1.54) is 13.8 Å². The van der Waals surface area contributed by atoms with Gasteiger partial charge in [-0.1, -0.05) is 0 Å². The molecule has 0 radical (unpaired) electrons. The molecule has 3 N–H and O–H groups in total. The molecule has 6 nitrogen and oxygen atoms in total. The van der Waals surface area contributed by atoms with Crippen LogP contribution in [-0.2, 0) is 14.6 Å². The number of carbonyl (C=O) groups is 1. The second kappa shape index (κ2) is 5.31. The van der Waals surface area contributed by atoms with Gasteiger partial charge in [0.25, 0.3) is 0 Å². The molecule has 0 saturated heterocycles. The van der Waals surface area contributed by atoms with Gasteiger partial charge in [-0.15, -0.1) is 0 Å². The molecule has 0 aliphatic carbocycles. The van der Waals surface area contributed by atoms with Crippen molar-refractivity contribution in [1.82, 2.24) is 0 Å². The Morgan fingerprint density at radius 2 is 2.05 bits per heavy atom. The predicted octanol–water partition coefficient (Wildman–Crippen LogP) is 1.14. The number of nitrogens with zero attached hydrogens (tertiary/aromatic N) is 1. The number of nitrogens with one attached hydrogen (secondary N) is 1. The zero-order chi connectivity index (χ0) is 16.7. The summed E-state index contributed by atoms with van der Waals surface area (Å²) in [6, 6.07) is 0.672. The molecule has 1 heterocycles. The van der Waals surface area contributed by atoms with Crippen molar-refractivity contribution in [2.45, 2.75) is 24.6 Å². The number of hydrogen-bond acceptors (Lipinski definition) is 5. The normalized spacial score (nSPS) is 22.7. The van der Waals surface area contributed by atoms with Crippen LogP contribution < -0.4 is 11.1 Å². The number of amidine groups is 1. The minimum Gasteiger partial charge on any atom is -0.386 e. The highest BCUT2D eigenvalue weighted by Gasteiger charge is 2.45. The standard InChI is InChI=1S/C13H15F2N3O3S/c1-13(2)12(16)18-9(5-22(13,20)21)10-7(14)3-4-8(11(10)15)17-6-19/h3-4,6,9H,5H2,1-2H3,(H2,16,18)(H,17,19). The van der Waals surface area contributed by atoms with Crippen LogP contribution in [0.2, 0.25) is 0 Å².